The Kier molecular flexibility index (Phi) is 2.80. The molecule has 2 heterocycles. The minimum absolute atomic E-state index is 0.101. The molecule has 1 aliphatic rings. The highest BCUT2D eigenvalue weighted by molar-refractivity contribution is 6.09. The molecule has 1 aliphatic heterocycles. The summed E-state index contributed by atoms with van der Waals surface area (Å²) in [4.78, 5) is 12.0. The molecule has 0 saturated heterocycles. The van der Waals surface area contributed by atoms with Crippen LogP contribution in [0.3, 0.4) is 0 Å². The number of benzene rings is 1. The molecule has 102 valence electrons. The van der Waals surface area contributed by atoms with E-state index >= 15 is 0 Å². The zero-order chi connectivity index (χ0) is 14.2. The summed E-state index contributed by atoms with van der Waals surface area (Å²) in [6.07, 6.45) is 1.24. The first kappa shape index (κ1) is 12.4. The van der Waals surface area contributed by atoms with Crippen LogP contribution in [0.25, 0.3) is 0 Å². The number of aliphatic hydroxyl groups is 1. The molecule has 1 aromatic carbocycles. The number of fused-ring (bicyclic) bond motifs is 1. The minimum atomic E-state index is -1.77. The van der Waals surface area contributed by atoms with Gasteiger partial charge >= 0.3 is 0 Å². The number of nitrogens with zero attached hydrogens (tertiary/aromatic N) is 1. The standard InChI is InChI=1S/C14H12N2O4/c17-13-14(18,9-4-1-2-5-10(9)15-13)8-11(16-19)12-6-3-7-20-12/h1-7,18-19H,8H2,(H,15,17)/t14-/m0/s1. The zero-order valence-electron chi connectivity index (χ0n) is 10.4. The molecule has 0 radical (unpaired) electrons. The highest BCUT2D eigenvalue weighted by atomic mass is 16.4. The lowest BCUT2D eigenvalue weighted by Crippen LogP contribution is -2.36. The van der Waals surface area contributed by atoms with Crippen LogP contribution in [0.5, 0.6) is 0 Å². The van der Waals surface area contributed by atoms with Crippen molar-refractivity contribution in [3.63, 3.8) is 0 Å². The zero-order valence-corrected chi connectivity index (χ0v) is 10.4. The molecule has 1 aromatic heterocycles. The van der Waals surface area contributed by atoms with Crippen molar-refractivity contribution in [3.05, 3.63) is 54.0 Å². The van der Waals surface area contributed by atoms with Crippen LogP contribution < -0.4 is 5.32 Å². The van der Waals surface area contributed by atoms with E-state index in [-0.39, 0.29) is 12.1 Å². The average molecular weight is 272 g/mol. The van der Waals surface area contributed by atoms with Gasteiger partial charge in [-0.1, -0.05) is 23.4 Å². The molecular weight excluding hydrogens is 260 g/mol. The van der Waals surface area contributed by atoms with Gasteiger partial charge in [0.05, 0.1) is 6.26 Å². The number of nitrogens with one attached hydrogen (secondary N) is 1. The van der Waals surface area contributed by atoms with Crippen LogP contribution in [-0.2, 0) is 10.4 Å². The lowest BCUT2D eigenvalue weighted by atomic mass is 9.89. The van der Waals surface area contributed by atoms with Crippen molar-refractivity contribution in [1.29, 1.82) is 0 Å². The second-order valence-electron chi connectivity index (χ2n) is 4.56. The number of hydrogen-bond donors (Lipinski definition) is 3. The van der Waals surface area contributed by atoms with Gasteiger partial charge in [0, 0.05) is 17.7 Å². The van der Waals surface area contributed by atoms with Crippen LogP contribution in [0.4, 0.5) is 5.69 Å². The van der Waals surface area contributed by atoms with Gasteiger partial charge in [-0.3, -0.25) is 4.79 Å². The van der Waals surface area contributed by atoms with Gasteiger partial charge in [0.2, 0.25) is 0 Å². The number of para-hydroxylation sites is 1. The number of carbonyl (C=O) groups is 1. The highest BCUT2D eigenvalue weighted by Gasteiger charge is 2.46. The van der Waals surface area contributed by atoms with Crippen molar-refractivity contribution < 1.29 is 19.5 Å². The van der Waals surface area contributed by atoms with Crippen molar-refractivity contribution in [1.82, 2.24) is 0 Å². The van der Waals surface area contributed by atoms with E-state index in [2.05, 4.69) is 10.5 Å². The maximum absolute atomic E-state index is 12.0. The van der Waals surface area contributed by atoms with E-state index in [9.17, 15) is 9.90 Å². The van der Waals surface area contributed by atoms with Gasteiger partial charge in [0.15, 0.2) is 11.4 Å². The Hall–Kier alpha value is -2.60. The quantitative estimate of drug-likeness (QED) is 0.450. The fourth-order valence-corrected chi connectivity index (χ4v) is 2.33. The molecule has 6 nitrogen and oxygen atoms in total. The second-order valence-corrected chi connectivity index (χ2v) is 4.56. The second kappa shape index (κ2) is 4.50. The molecule has 20 heavy (non-hydrogen) atoms. The van der Waals surface area contributed by atoms with Crippen molar-refractivity contribution in [2.75, 3.05) is 5.32 Å². The van der Waals surface area contributed by atoms with Gasteiger partial charge in [0.1, 0.15) is 5.71 Å². The first-order chi connectivity index (χ1) is 9.65. The van der Waals surface area contributed by atoms with E-state index in [0.717, 1.165) is 0 Å². The van der Waals surface area contributed by atoms with Gasteiger partial charge in [-0.15, -0.1) is 0 Å². The maximum Gasteiger partial charge on any atom is 0.261 e. The molecule has 6 heteroatoms. The minimum Gasteiger partial charge on any atom is -0.463 e. The van der Waals surface area contributed by atoms with Gasteiger partial charge in [0.25, 0.3) is 5.91 Å². The third kappa shape index (κ3) is 1.78. The summed E-state index contributed by atoms with van der Waals surface area (Å²) in [5.74, 6) is -0.246. The predicted molar refractivity (Wildman–Crippen MR) is 70.6 cm³/mol. The Morgan fingerprint density at radius 2 is 2.10 bits per heavy atom. The first-order valence-corrected chi connectivity index (χ1v) is 6.03. The molecule has 3 rings (SSSR count). The van der Waals surface area contributed by atoms with E-state index < -0.39 is 11.5 Å². The number of rotatable bonds is 3. The van der Waals surface area contributed by atoms with Crippen LogP contribution in [0, 0.1) is 0 Å². The van der Waals surface area contributed by atoms with Crippen LogP contribution >= 0.6 is 0 Å². The number of oxime groups is 1. The van der Waals surface area contributed by atoms with E-state index in [4.69, 9.17) is 9.62 Å². The van der Waals surface area contributed by atoms with Gasteiger partial charge < -0.3 is 20.0 Å². The third-order valence-electron chi connectivity index (χ3n) is 3.35. The molecule has 2 aromatic rings. The molecule has 0 saturated carbocycles. The summed E-state index contributed by atoms with van der Waals surface area (Å²) in [6.45, 7) is 0. The largest absolute Gasteiger partial charge is 0.463 e. The van der Waals surface area contributed by atoms with E-state index in [0.29, 0.717) is 17.0 Å². The Bertz CT molecular complexity index is 678. The van der Waals surface area contributed by atoms with Crippen LogP contribution in [0.2, 0.25) is 0 Å². The van der Waals surface area contributed by atoms with Crippen LogP contribution in [0.15, 0.2) is 52.2 Å². The predicted octanol–water partition coefficient (Wildman–Crippen LogP) is 1.69. The van der Waals surface area contributed by atoms with Crippen molar-refractivity contribution in [2.24, 2.45) is 5.16 Å². The Morgan fingerprint density at radius 3 is 2.80 bits per heavy atom. The van der Waals surface area contributed by atoms with Gasteiger partial charge in [-0.25, -0.2) is 0 Å². The van der Waals surface area contributed by atoms with Gasteiger partial charge in [-0.05, 0) is 18.2 Å². The molecule has 0 aliphatic carbocycles. The number of furan rings is 1. The summed E-state index contributed by atoms with van der Waals surface area (Å²) in [5.41, 5.74) is -0.663. The Balaban J connectivity index is 1.99. The molecular formula is C14H12N2O4. The Labute approximate surface area is 114 Å². The topological polar surface area (TPSA) is 95.1 Å². The number of carbonyl (C=O) groups excluding carboxylic acids is 1. The van der Waals surface area contributed by atoms with Crippen molar-refractivity contribution in [3.8, 4) is 0 Å². The molecule has 0 spiro atoms. The Morgan fingerprint density at radius 1 is 1.30 bits per heavy atom. The van der Waals surface area contributed by atoms with E-state index in [1.807, 2.05) is 0 Å². The summed E-state index contributed by atoms with van der Waals surface area (Å²) < 4.78 is 5.13. The molecule has 1 atom stereocenters. The van der Waals surface area contributed by atoms with Crippen LogP contribution in [-0.4, -0.2) is 21.9 Å². The van der Waals surface area contributed by atoms with E-state index in [1.54, 1.807) is 36.4 Å². The molecule has 0 fully saturated rings. The molecule has 0 bridgehead atoms. The number of anilines is 1. The summed E-state index contributed by atoms with van der Waals surface area (Å²) in [7, 11) is 0. The lowest BCUT2D eigenvalue weighted by molar-refractivity contribution is -0.132. The fraction of sp³-hybridized carbons (Fsp3) is 0.143. The van der Waals surface area contributed by atoms with Crippen molar-refractivity contribution >= 4 is 17.3 Å². The third-order valence-corrected chi connectivity index (χ3v) is 3.35. The van der Waals surface area contributed by atoms with Gasteiger partial charge in [-0.2, -0.15) is 0 Å². The van der Waals surface area contributed by atoms with Crippen molar-refractivity contribution in [2.45, 2.75) is 12.0 Å². The molecule has 0 unspecified atom stereocenters. The summed E-state index contributed by atoms with van der Waals surface area (Å²) in [5, 5.41) is 25.5. The normalized spacial score (nSPS) is 21.6. The number of amides is 1. The summed E-state index contributed by atoms with van der Waals surface area (Å²) >= 11 is 0. The van der Waals surface area contributed by atoms with E-state index in [1.165, 1.54) is 6.26 Å². The first-order valence-electron chi connectivity index (χ1n) is 6.03. The maximum atomic E-state index is 12.0. The highest BCUT2D eigenvalue weighted by Crippen LogP contribution is 2.38. The average Bonchev–Trinajstić information content (AvgIpc) is 3.06. The summed E-state index contributed by atoms with van der Waals surface area (Å²) in [6, 6.07) is 10.1. The van der Waals surface area contributed by atoms with Crippen LogP contribution in [0.1, 0.15) is 17.7 Å². The molecule has 1 amide bonds. The fourth-order valence-electron chi connectivity index (χ4n) is 2.33. The lowest BCUT2D eigenvalue weighted by Gasteiger charge is -2.20. The number of hydrogen-bond acceptors (Lipinski definition) is 5. The SMILES string of the molecule is O=C1Nc2ccccc2[C@@]1(O)CC(=NO)c1ccco1. The molecule has 3 N–H and O–H groups in total. The monoisotopic (exact) mass is 272 g/mol. The smallest absolute Gasteiger partial charge is 0.261 e.